The van der Waals surface area contributed by atoms with E-state index in [0.29, 0.717) is 6.04 Å². The summed E-state index contributed by atoms with van der Waals surface area (Å²) in [4.78, 5) is 12.3. The van der Waals surface area contributed by atoms with Gasteiger partial charge in [-0.1, -0.05) is 48.5 Å². The molecule has 0 aliphatic heterocycles. The molecular weight excluding hydrogens is 262 g/mol. The lowest BCUT2D eigenvalue weighted by molar-refractivity contribution is -0.948. The highest BCUT2D eigenvalue weighted by Gasteiger charge is 2.14. The van der Waals surface area contributed by atoms with Crippen LogP contribution in [0.25, 0.3) is 0 Å². The minimum absolute atomic E-state index is 0.246. The normalized spacial score (nSPS) is 12.3. The fourth-order valence-electron chi connectivity index (χ4n) is 2.40. The summed E-state index contributed by atoms with van der Waals surface area (Å²) in [6.07, 6.45) is 0. The summed E-state index contributed by atoms with van der Waals surface area (Å²) in [6, 6.07) is 17.8. The Morgan fingerprint density at radius 1 is 1.00 bits per heavy atom. The summed E-state index contributed by atoms with van der Waals surface area (Å²) in [5.41, 5.74) is 2.56. The Morgan fingerprint density at radius 3 is 2.24 bits per heavy atom. The Balaban J connectivity index is 2.13. The van der Waals surface area contributed by atoms with Gasteiger partial charge in [0.15, 0.2) is 0 Å². The first-order chi connectivity index (χ1) is 10.1. The van der Waals surface area contributed by atoms with Gasteiger partial charge < -0.3 is 14.8 Å². The standard InChI is InChI=1S/C18H21NO2/c1-14(2)19(12-15-7-4-3-5-8-15)13-16-9-6-10-17(11-16)18(20)21/h3-11,14H,12-13H2,1-2H3,(H,20,21). The van der Waals surface area contributed by atoms with Crippen molar-refractivity contribution in [3.63, 3.8) is 0 Å². The third-order valence-electron chi connectivity index (χ3n) is 3.68. The van der Waals surface area contributed by atoms with E-state index in [0.717, 1.165) is 18.7 Å². The summed E-state index contributed by atoms with van der Waals surface area (Å²) >= 11 is 0. The zero-order valence-electron chi connectivity index (χ0n) is 12.5. The molecule has 1 N–H and O–H groups in total. The summed E-state index contributed by atoms with van der Waals surface area (Å²) in [6.45, 7) is 6.09. The Morgan fingerprint density at radius 2 is 1.62 bits per heavy atom. The van der Waals surface area contributed by atoms with Crippen molar-refractivity contribution in [3.8, 4) is 0 Å². The molecule has 0 saturated carbocycles. The van der Waals surface area contributed by atoms with Gasteiger partial charge in [-0.3, -0.25) is 0 Å². The third-order valence-corrected chi connectivity index (χ3v) is 3.68. The van der Waals surface area contributed by atoms with Crippen molar-refractivity contribution >= 4 is 5.97 Å². The Labute approximate surface area is 125 Å². The van der Waals surface area contributed by atoms with Crippen LogP contribution in [-0.4, -0.2) is 12.0 Å². The number of quaternary nitrogens is 1. The number of carboxylic acids is 1. The quantitative estimate of drug-likeness (QED) is 0.861. The highest BCUT2D eigenvalue weighted by atomic mass is 16.4. The van der Waals surface area contributed by atoms with E-state index in [4.69, 9.17) is 0 Å². The third kappa shape index (κ3) is 4.43. The highest BCUT2D eigenvalue weighted by molar-refractivity contribution is 5.85. The van der Waals surface area contributed by atoms with Crippen molar-refractivity contribution in [3.05, 3.63) is 71.3 Å². The molecule has 0 fully saturated rings. The number of benzene rings is 2. The second-order valence-corrected chi connectivity index (χ2v) is 5.64. The number of nitrogens with one attached hydrogen (secondary N) is 1. The number of rotatable bonds is 6. The van der Waals surface area contributed by atoms with Gasteiger partial charge >= 0.3 is 0 Å². The number of aromatic carboxylic acids is 1. The van der Waals surface area contributed by atoms with Crippen LogP contribution in [0.3, 0.4) is 0 Å². The maximum absolute atomic E-state index is 10.9. The lowest BCUT2D eigenvalue weighted by Crippen LogP contribution is -3.12. The molecule has 21 heavy (non-hydrogen) atoms. The van der Waals surface area contributed by atoms with E-state index < -0.39 is 5.97 Å². The van der Waals surface area contributed by atoms with Gasteiger partial charge in [-0.2, -0.15) is 0 Å². The Kier molecular flexibility index (Phi) is 5.12. The largest absolute Gasteiger partial charge is 0.545 e. The second kappa shape index (κ2) is 7.04. The fraction of sp³-hybridized carbons (Fsp3) is 0.278. The van der Waals surface area contributed by atoms with Crippen molar-refractivity contribution < 1.29 is 14.8 Å². The second-order valence-electron chi connectivity index (χ2n) is 5.64. The molecule has 3 nitrogen and oxygen atoms in total. The predicted molar refractivity (Wildman–Crippen MR) is 80.7 cm³/mol. The van der Waals surface area contributed by atoms with E-state index >= 15 is 0 Å². The van der Waals surface area contributed by atoms with Crippen LogP contribution in [-0.2, 0) is 13.1 Å². The molecule has 0 spiro atoms. The molecule has 3 heteroatoms. The van der Waals surface area contributed by atoms with Crippen molar-refractivity contribution in [2.45, 2.75) is 33.0 Å². The zero-order chi connectivity index (χ0) is 15.2. The van der Waals surface area contributed by atoms with Gasteiger partial charge in [0.1, 0.15) is 13.1 Å². The summed E-state index contributed by atoms with van der Waals surface area (Å²) in [7, 11) is 0. The first-order valence-corrected chi connectivity index (χ1v) is 7.25. The van der Waals surface area contributed by atoms with Crippen LogP contribution in [0.1, 0.15) is 35.3 Å². The van der Waals surface area contributed by atoms with E-state index in [1.165, 1.54) is 10.5 Å². The average molecular weight is 283 g/mol. The average Bonchev–Trinajstić information content (AvgIpc) is 2.48. The van der Waals surface area contributed by atoms with Gasteiger partial charge in [-0.25, -0.2) is 0 Å². The first-order valence-electron chi connectivity index (χ1n) is 7.25. The molecule has 2 rings (SSSR count). The monoisotopic (exact) mass is 283 g/mol. The van der Waals surface area contributed by atoms with Crippen molar-refractivity contribution in [1.29, 1.82) is 0 Å². The molecule has 0 radical (unpaired) electrons. The molecule has 0 aromatic heterocycles. The van der Waals surface area contributed by atoms with E-state index in [-0.39, 0.29) is 5.56 Å². The molecule has 0 heterocycles. The smallest absolute Gasteiger partial charge is 0.103 e. The van der Waals surface area contributed by atoms with Gasteiger partial charge in [0.25, 0.3) is 0 Å². The van der Waals surface area contributed by atoms with Crippen LogP contribution >= 0.6 is 0 Å². The molecule has 2 aromatic carbocycles. The number of carbonyl (C=O) groups is 1. The number of carboxylic acid groups (broad SMARTS) is 1. The van der Waals surface area contributed by atoms with Crippen LogP contribution in [0, 0.1) is 0 Å². The lowest BCUT2D eigenvalue weighted by Gasteiger charge is -2.24. The number of hydrogen-bond donors (Lipinski definition) is 1. The Bertz CT molecular complexity index is 593. The van der Waals surface area contributed by atoms with E-state index in [1.807, 2.05) is 24.3 Å². The highest BCUT2D eigenvalue weighted by Crippen LogP contribution is 2.04. The van der Waals surface area contributed by atoms with E-state index in [1.54, 1.807) is 18.2 Å². The number of carbonyl (C=O) groups excluding carboxylic acids is 1. The van der Waals surface area contributed by atoms with Crippen LogP contribution in [0.15, 0.2) is 54.6 Å². The molecule has 1 atom stereocenters. The van der Waals surface area contributed by atoms with Gasteiger partial charge in [-0.05, 0) is 25.5 Å². The molecule has 0 aliphatic carbocycles. The fourth-order valence-corrected chi connectivity index (χ4v) is 2.40. The van der Waals surface area contributed by atoms with Gasteiger partial charge in [0.2, 0.25) is 0 Å². The van der Waals surface area contributed by atoms with Crippen LogP contribution < -0.4 is 10.0 Å². The van der Waals surface area contributed by atoms with Crippen molar-refractivity contribution in [2.75, 3.05) is 0 Å². The molecule has 0 saturated heterocycles. The molecule has 0 aliphatic rings. The van der Waals surface area contributed by atoms with Crippen LogP contribution in [0.5, 0.6) is 0 Å². The Hall–Kier alpha value is -2.13. The van der Waals surface area contributed by atoms with Gasteiger partial charge in [-0.15, -0.1) is 0 Å². The molecule has 2 aromatic rings. The van der Waals surface area contributed by atoms with Gasteiger partial charge in [0.05, 0.1) is 12.0 Å². The number of hydrogen-bond acceptors (Lipinski definition) is 2. The zero-order valence-corrected chi connectivity index (χ0v) is 12.5. The van der Waals surface area contributed by atoms with Crippen LogP contribution in [0.4, 0.5) is 0 Å². The minimum Gasteiger partial charge on any atom is -0.545 e. The maximum atomic E-state index is 10.9. The summed E-state index contributed by atoms with van der Waals surface area (Å²) in [5.74, 6) is -1.12. The predicted octanol–water partition coefficient (Wildman–Crippen LogP) is 1.04. The molecular formula is C18H21NO2. The summed E-state index contributed by atoms with van der Waals surface area (Å²) < 4.78 is 0. The minimum atomic E-state index is -1.12. The first kappa shape index (κ1) is 15.3. The van der Waals surface area contributed by atoms with Crippen molar-refractivity contribution in [2.24, 2.45) is 0 Å². The van der Waals surface area contributed by atoms with E-state index in [2.05, 4.69) is 26.0 Å². The van der Waals surface area contributed by atoms with Gasteiger partial charge in [0, 0.05) is 11.1 Å². The maximum Gasteiger partial charge on any atom is 0.103 e. The molecule has 0 bridgehead atoms. The SMILES string of the molecule is CC(C)[NH+](Cc1ccccc1)Cc1cccc(C(=O)[O-])c1. The van der Waals surface area contributed by atoms with Crippen LogP contribution in [0.2, 0.25) is 0 Å². The summed E-state index contributed by atoms with van der Waals surface area (Å²) in [5, 5.41) is 10.9. The topological polar surface area (TPSA) is 44.6 Å². The van der Waals surface area contributed by atoms with Crippen molar-refractivity contribution in [1.82, 2.24) is 0 Å². The molecule has 110 valence electrons. The van der Waals surface area contributed by atoms with E-state index in [9.17, 15) is 9.90 Å². The molecule has 0 amide bonds. The lowest BCUT2D eigenvalue weighted by atomic mass is 10.1. The molecule has 1 unspecified atom stereocenters.